The average Bonchev–Trinajstić information content (AvgIpc) is 2.88. The van der Waals surface area contributed by atoms with Gasteiger partial charge in [-0.2, -0.15) is 0 Å². The zero-order chi connectivity index (χ0) is 19.2. The minimum absolute atomic E-state index is 0.0580. The van der Waals surface area contributed by atoms with Crippen molar-refractivity contribution in [3.8, 4) is 16.9 Å². The molecule has 0 saturated carbocycles. The molecule has 1 heterocycles. The maximum Gasteiger partial charge on any atom is 0.424 e. The van der Waals surface area contributed by atoms with Gasteiger partial charge in [0.05, 0.1) is 11.4 Å². The fourth-order valence-corrected chi connectivity index (χ4v) is 3.36. The molecular weight excluding hydrogens is 366 g/mol. The summed E-state index contributed by atoms with van der Waals surface area (Å²) in [4.78, 5) is 11.2. The van der Waals surface area contributed by atoms with Crippen LogP contribution < -0.4 is 10.9 Å². The number of hydrogen-bond acceptors (Lipinski definition) is 4. The van der Waals surface area contributed by atoms with E-state index < -0.39 is 32.3 Å². The highest BCUT2D eigenvalue weighted by atomic mass is 32.2. The van der Waals surface area contributed by atoms with Gasteiger partial charge in [-0.3, -0.25) is 0 Å². The van der Waals surface area contributed by atoms with Gasteiger partial charge in [-0.15, -0.1) is 0 Å². The predicted octanol–water partition coefficient (Wildman–Crippen LogP) is 2.64. The van der Waals surface area contributed by atoms with Gasteiger partial charge in [-0.05, 0) is 49.2 Å². The summed E-state index contributed by atoms with van der Waals surface area (Å²) in [5.41, 5.74) is 1.73. The van der Waals surface area contributed by atoms with Crippen molar-refractivity contribution in [3.05, 3.63) is 69.9 Å². The van der Waals surface area contributed by atoms with Crippen LogP contribution in [0.4, 0.5) is 8.78 Å². The first kappa shape index (κ1) is 18.0. The highest BCUT2D eigenvalue weighted by Crippen LogP contribution is 2.29. The van der Waals surface area contributed by atoms with E-state index >= 15 is 0 Å². The highest BCUT2D eigenvalue weighted by Gasteiger charge is 2.22. The van der Waals surface area contributed by atoms with E-state index in [4.69, 9.17) is 9.56 Å². The number of sulfonamides is 1. The van der Waals surface area contributed by atoms with Crippen molar-refractivity contribution in [2.45, 2.75) is 18.7 Å². The molecule has 1 aromatic heterocycles. The monoisotopic (exact) mass is 380 g/mol. The molecule has 136 valence electrons. The lowest BCUT2D eigenvalue weighted by atomic mass is 10.1. The molecular formula is C17H14F2N2O4S. The molecule has 0 aliphatic carbocycles. The quantitative estimate of drug-likeness (QED) is 0.756. The second-order valence-corrected chi connectivity index (χ2v) is 7.41. The lowest BCUT2D eigenvalue weighted by Crippen LogP contribution is -2.16. The zero-order valence-electron chi connectivity index (χ0n) is 13.8. The Morgan fingerprint density at radius 1 is 1.00 bits per heavy atom. The number of nitrogens with two attached hydrogens (primary N) is 1. The van der Waals surface area contributed by atoms with Crippen LogP contribution in [0.5, 0.6) is 0 Å². The molecule has 3 aromatic rings. The molecule has 0 unspecified atom stereocenters. The minimum Gasteiger partial charge on any atom is -0.415 e. The van der Waals surface area contributed by atoms with Gasteiger partial charge in [0, 0.05) is 5.56 Å². The Hall–Kier alpha value is -2.78. The summed E-state index contributed by atoms with van der Waals surface area (Å²) >= 11 is 0. The summed E-state index contributed by atoms with van der Waals surface area (Å²) < 4.78 is 57.2. The molecule has 9 heteroatoms. The normalized spacial score (nSPS) is 11.7. The van der Waals surface area contributed by atoms with Crippen LogP contribution in [0.1, 0.15) is 11.1 Å². The van der Waals surface area contributed by atoms with Crippen molar-refractivity contribution in [2.75, 3.05) is 0 Å². The molecule has 0 aliphatic rings. The third-order valence-electron chi connectivity index (χ3n) is 3.76. The Morgan fingerprint density at radius 3 is 2.19 bits per heavy atom. The van der Waals surface area contributed by atoms with Crippen LogP contribution in [-0.2, 0) is 10.0 Å². The molecule has 0 saturated heterocycles. The molecule has 6 nitrogen and oxygen atoms in total. The molecule has 0 radical (unpaired) electrons. The summed E-state index contributed by atoms with van der Waals surface area (Å²) in [7, 11) is -4.43. The van der Waals surface area contributed by atoms with E-state index in [1.807, 2.05) is 19.9 Å². The van der Waals surface area contributed by atoms with Crippen LogP contribution in [0.2, 0.25) is 0 Å². The number of aryl methyl sites for hydroxylation is 2. The first-order chi connectivity index (χ1) is 12.1. The van der Waals surface area contributed by atoms with Gasteiger partial charge >= 0.3 is 5.76 Å². The van der Waals surface area contributed by atoms with Gasteiger partial charge in [0.1, 0.15) is 22.8 Å². The third-order valence-corrected chi connectivity index (χ3v) is 4.69. The van der Waals surface area contributed by atoms with Gasteiger partial charge < -0.3 is 4.42 Å². The number of primary sulfonamides is 1. The van der Waals surface area contributed by atoms with E-state index in [1.165, 1.54) is 0 Å². The molecule has 26 heavy (non-hydrogen) atoms. The van der Waals surface area contributed by atoms with Crippen LogP contribution in [0.25, 0.3) is 16.9 Å². The summed E-state index contributed by atoms with van der Waals surface area (Å²) in [6.07, 6.45) is 0.981. The van der Waals surface area contributed by atoms with E-state index in [-0.39, 0.29) is 11.3 Å². The molecule has 0 atom stereocenters. The van der Waals surface area contributed by atoms with Crippen molar-refractivity contribution >= 4 is 10.0 Å². The van der Waals surface area contributed by atoms with Crippen LogP contribution >= 0.6 is 0 Å². The predicted molar refractivity (Wildman–Crippen MR) is 90.5 cm³/mol. The number of rotatable bonds is 3. The van der Waals surface area contributed by atoms with Gasteiger partial charge in [0.2, 0.25) is 10.0 Å². The van der Waals surface area contributed by atoms with Crippen LogP contribution in [0, 0.1) is 25.5 Å². The molecule has 3 rings (SSSR count). The largest absolute Gasteiger partial charge is 0.424 e. The Kier molecular flexibility index (Phi) is 4.29. The highest BCUT2D eigenvalue weighted by molar-refractivity contribution is 7.89. The standard InChI is InChI=1S/C17H14F2N2O4S/c1-9-3-10(2)5-11(4-9)21-15(8-25-17(21)22)12-6-14(19)16(7-13(12)18)26(20,23)24/h3-8H,1-2H3,(H2,20,23,24). The number of oxazole rings is 1. The maximum absolute atomic E-state index is 14.5. The fourth-order valence-electron chi connectivity index (χ4n) is 2.76. The van der Waals surface area contributed by atoms with Gasteiger partial charge in [0.15, 0.2) is 0 Å². The summed E-state index contributed by atoms with van der Waals surface area (Å²) in [5.74, 6) is -3.08. The number of halogens is 2. The second kappa shape index (κ2) is 6.19. The van der Waals surface area contributed by atoms with E-state index in [2.05, 4.69) is 0 Å². The first-order valence-corrected chi connectivity index (χ1v) is 8.94. The number of nitrogens with zero attached hydrogens (tertiary/aromatic N) is 1. The van der Waals surface area contributed by atoms with Crippen molar-refractivity contribution in [3.63, 3.8) is 0 Å². The van der Waals surface area contributed by atoms with Gasteiger partial charge in [-0.25, -0.2) is 31.7 Å². The molecule has 2 aromatic carbocycles. The van der Waals surface area contributed by atoms with E-state index in [0.717, 1.165) is 22.0 Å². The fraction of sp³-hybridized carbons (Fsp3) is 0.118. The van der Waals surface area contributed by atoms with Crippen molar-refractivity contribution in [2.24, 2.45) is 5.14 Å². The number of aromatic nitrogens is 1. The number of hydrogen-bond donors (Lipinski definition) is 1. The smallest absolute Gasteiger partial charge is 0.415 e. The Labute approximate surface area is 147 Å². The summed E-state index contributed by atoms with van der Waals surface area (Å²) in [6.45, 7) is 3.64. The SMILES string of the molecule is Cc1cc(C)cc(-n2c(-c3cc(F)c(S(N)(=O)=O)cc3F)coc2=O)c1. The minimum atomic E-state index is -4.43. The molecule has 0 amide bonds. The summed E-state index contributed by atoms with van der Waals surface area (Å²) in [6, 6.07) is 6.39. The van der Waals surface area contributed by atoms with Crippen LogP contribution in [0.3, 0.4) is 0 Å². The Balaban J connectivity index is 2.28. The van der Waals surface area contributed by atoms with Crippen molar-refractivity contribution in [1.82, 2.24) is 4.57 Å². The van der Waals surface area contributed by atoms with Crippen molar-refractivity contribution in [1.29, 1.82) is 0 Å². The lowest BCUT2D eigenvalue weighted by molar-refractivity contribution is 0.504. The van der Waals surface area contributed by atoms with E-state index in [9.17, 15) is 22.0 Å². The van der Waals surface area contributed by atoms with Crippen LogP contribution in [-0.4, -0.2) is 13.0 Å². The van der Waals surface area contributed by atoms with E-state index in [0.29, 0.717) is 17.8 Å². The third kappa shape index (κ3) is 3.18. The molecule has 2 N–H and O–H groups in total. The topological polar surface area (TPSA) is 95.3 Å². The van der Waals surface area contributed by atoms with Gasteiger partial charge in [0.25, 0.3) is 0 Å². The van der Waals surface area contributed by atoms with Gasteiger partial charge in [-0.1, -0.05) is 6.07 Å². The Bertz CT molecular complexity index is 1160. The first-order valence-electron chi connectivity index (χ1n) is 7.39. The molecule has 0 fully saturated rings. The zero-order valence-corrected chi connectivity index (χ0v) is 14.6. The van der Waals surface area contributed by atoms with Crippen molar-refractivity contribution < 1.29 is 21.6 Å². The number of benzene rings is 2. The maximum atomic E-state index is 14.5. The molecule has 0 bridgehead atoms. The van der Waals surface area contributed by atoms with Crippen LogP contribution in [0.15, 0.2) is 50.7 Å². The van der Waals surface area contributed by atoms with E-state index in [1.54, 1.807) is 12.1 Å². The molecule has 0 aliphatic heterocycles. The Morgan fingerprint density at radius 2 is 1.62 bits per heavy atom. The summed E-state index contributed by atoms with van der Waals surface area (Å²) in [5, 5.41) is 4.87. The average molecular weight is 380 g/mol. The molecule has 0 spiro atoms. The lowest BCUT2D eigenvalue weighted by Gasteiger charge is -2.10. The second-order valence-electron chi connectivity index (χ2n) is 5.88.